The molecule has 0 aliphatic heterocycles. The Bertz CT molecular complexity index is 688. The van der Waals surface area contributed by atoms with Crippen molar-refractivity contribution in [2.45, 2.75) is 0 Å². The fourth-order valence-corrected chi connectivity index (χ4v) is 2.66. The molecular formula is C13H10Cl2N2O3S. The monoisotopic (exact) mass is 344 g/mol. The van der Waals surface area contributed by atoms with Gasteiger partial charge in [0.2, 0.25) is 0 Å². The zero-order valence-corrected chi connectivity index (χ0v) is 12.9. The molecule has 2 rings (SSSR count). The van der Waals surface area contributed by atoms with Crippen molar-refractivity contribution in [3.63, 3.8) is 0 Å². The van der Waals surface area contributed by atoms with E-state index in [9.17, 15) is 9.59 Å². The van der Waals surface area contributed by atoms with E-state index in [1.807, 2.05) is 0 Å². The third-order valence-corrected chi connectivity index (χ3v) is 4.09. The van der Waals surface area contributed by atoms with E-state index in [1.54, 1.807) is 23.6 Å². The Balaban J connectivity index is 1.98. The van der Waals surface area contributed by atoms with Gasteiger partial charge in [0.15, 0.2) is 6.61 Å². The minimum Gasteiger partial charge on any atom is -0.482 e. The lowest BCUT2D eigenvalue weighted by atomic mass is 10.3. The summed E-state index contributed by atoms with van der Waals surface area (Å²) < 4.78 is 5.29. The summed E-state index contributed by atoms with van der Waals surface area (Å²) >= 11 is 13.0. The number of nitrogens with one attached hydrogen (secondary N) is 1. The zero-order chi connectivity index (χ0) is 15.4. The molecule has 21 heavy (non-hydrogen) atoms. The number of hydrogen-bond acceptors (Lipinski definition) is 4. The standard InChI is InChI=1S/C13H10Cl2N2O3S/c14-8-2-1-3-9(11(8)15)20-6-10(18)17-13-7(12(16)19)4-5-21-13/h1-5H,6H2,(H2,16,19)(H,17,18). The predicted molar refractivity (Wildman–Crippen MR) is 83.4 cm³/mol. The minimum atomic E-state index is -0.606. The first-order chi connectivity index (χ1) is 9.99. The second-order valence-electron chi connectivity index (χ2n) is 3.92. The number of thiophene rings is 1. The van der Waals surface area contributed by atoms with Gasteiger partial charge in [0.1, 0.15) is 15.8 Å². The normalized spacial score (nSPS) is 10.2. The molecule has 0 aliphatic carbocycles. The Labute approximate surface area is 134 Å². The van der Waals surface area contributed by atoms with Gasteiger partial charge in [-0.3, -0.25) is 9.59 Å². The van der Waals surface area contributed by atoms with Crippen LogP contribution in [0.5, 0.6) is 5.75 Å². The first-order valence-corrected chi connectivity index (χ1v) is 7.36. The van der Waals surface area contributed by atoms with Gasteiger partial charge in [-0.2, -0.15) is 0 Å². The van der Waals surface area contributed by atoms with Crippen molar-refractivity contribution < 1.29 is 14.3 Å². The fraction of sp³-hybridized carbons (Fsp3) is 0.0769. The van der Waals surface area contributed by atoms with E-state index in [2.05, 4.69) is 5.32 Å². The van der Waals surface area contributed by atoms with Crippen molar-refractivity contribution in [3.8, 4) is 5.75 Å². The van der Waals surface area contributed by atoms with Crippen LogP contribution in [-0.4, -0.2) is 18.4 Å². The van der Waals surface area contributed by atoms with E-state index in [4.69, 9.17) is 33.7 Å². The van der Waals surface area contributed by atoms with Crippen LogP contribution in [0.25, 0.3) is 0 Å². The molecule has 2 amide bonds. The Kier molecular flexibility index (Phi) is 5.06. The summed E-state index contributed by atoms with van der Waals surface area (Å²) in [4.78, 5) is 22.9. The van der Waals surface area contributed by atoms with E-state index in [-0.39, 0.29) is 17.2 Å². The van der Waals surface area contributed by atoms with Gasteiger partial charge in [-0.05, 0) is 23.6 Å². The molecule has 0 radical (unpaired) electrons. The number of benzene rings is 1. The Morgan fingerprint density at radius 1 is 1.29 bits per heavy atom. The molecule has 0 atom stereocenters. The summed E-state index contributed by atoms with van der Waals surface area (Å²) in [5.74, 6) is -0.734. The maximum atomic E-state index is 11.8. The zero-order valence-electron chi connectivity index (χ0n) is 10.6. The summed E-state index contributed by atoms with van der Waals surface area (Å²) in [6.45, 7) is -0.268. The van der Waals surface area contributed by atoms with Crippen molar-refractivity contribution in [3.05, 3.63) is 45.3 Å². The SMILES string of the molecule is NC(=O)c1ccsc1NC(=O)COc1cccc(Cl)c1Cl. The molecule has 5 nitrogen and oxygen atoms in total. The molecular weight excluding hydrogens is 335 g/mol. The number of anilines is 1. The molecule has 1 heterocycles. The Hall–Kier alpha value is -1.76. The number of nitrogens with two attached hydrogens (primary N) is 1. The maximum Gasteiger partial charge on any atom is 0.262 e. The highest BCUT2D eigenvalue weighted by atomic mass is 35.5. The van der Waals surface area contributed by atoms with Crippen molar-refractivity contribution in [1.29, 1.82) is 0 Å². The van der Waals surface area contributed by atoms with E-state index >= 15 is 0 Å². The first kappa shape index (κ1) is 15.6. The summed E-state index contributed by atoms with van der Waals surface area (Å²) in [6.07, 6.45) is 0. The van der Waals surface area contributed by atoms with Crippen molar-refractivity contribution in [2.24, 2.45) is 5.73 Å². The number of primary amides is 1. The highest BCUT2D eigenvalue weighted by Crippen LogP contribution is 2.31. The van der Waals surface area contributed by atoms with E-state index < -0.39 is 11.8 Å². The molecule has 0 fully saturated rings. The van der Waals surface area contributed by atoms with Crippen molar-refractivity contribution in [1.82, 2.24) is 0 Å². The molecule has 3 N–H and O–H groups in total. The smallest absolute Gasteiger partial charge is 0.262 e. The molecule has 0 saturated heterocycles. The molecule has 8 heteroatoms. The lowest BCUT2D eigenvalue weighted by Crippen LogP contribution is -2.21. The number of rotatable bonds is 5. The Morgan fingerprint density at radius 3 is 2.76 bits per heavy atom. The Morgan fingerprint density at radius 2 is 2.05 bits per heavy atom. The van der Waals surface area contributed by atoms with Crippen LogP contribution >= 0.6 is 34.5 Å². The minimum absolute atomic E-state index is 0.237. The van der Waals surface area contributed by atoms with Crippen LogP contribution < -0.4 is 15.8 Å². The topological polar surface area (TPSA) is 81.4 Å². The van der Waals surface area contributed by atoms with Gasteiger partial charge in [0.05, 0.1) is 10.6 Å². The van der Waals surface area contributed by atoms with Gasteiger partial charge in [0, 0.05) is 0 Å². The lowest BCUT2D eigenvalue weighted by molar-refractivity contribution is -0.118. The summed E-state index contributed by atoms with van der Waals surface area (Å²) in [5.41, 5.74) is 5.45. The lowest BCUT2D eigenvalue weighted by Gasteiger charge is -2.09. The fourth-order valence-electron chi connectivity index (χ4n) is 1.50. The molecule has 0 spiro atoms. The van der Waals surface area contributed by atoms with Crippen LogP contribution in [0.3, 0.4) is 0 Å². The van der Waals surface area contributed by atoms with Crippen LogP contribution in [-0.2, 0) is 4.79 Å². The average molecular weight is 345 g/mol. The van der Waals surface area contributed by atoms with Gasteiger partial charge in [0.25, 0.3) is 11.8 Å². The van der Waals surface area contributed by atoms with Gasteiger partial charge < -0.3 is 15.8 Å². The number of hydrogen-bond donors (Lipinski definition) is 2. The second kappa shape index (κ2) is 6.80. The first-order valence-electron chi connectivity index (χ1n) is 5.73. The average Bonchev–Trinajstić information content (AvgIpc) is 2.88. The summed E-state index contributed by atoms with van der Waals surface area (Å²) in [5, 5.41) is 5.17. The highest BCUT2D eigenvalue weighted by Gasteiger charge is 2.13. The van der Waals surface area contributed by atoms with Crippen LogP contribution in [0.1, 0.15) is 10.4 Å². The molecule has 1 aromatic heterocycles. The van der Waals surface area contributed by atoms with E-state index in [0.717, 1.165) is 0 Å². The van der Waals surface area contributed by atoms with Gasteiger partial charge in [-0.15, -0.1) is 11.3 Å². The number of amides is 2. The van der Waals surface area contributed by atoms with Crippen LogP contribution in [0, 0.1) is 0 Å². The van der Waals surface area contributed by atoms with Crippen LogP contribution in [0.15, 0.2) is 29.6 Å². The van der Waals surface area contributed by atoms with Crippen molar-refractivity contribution >= 4 is 51.4 Å². The van der Waals surface area contributed by atoms with Crippen LogP contribution in [0.2, 0.25) is 10.0 Å². The predicted octanol–water partition coefficient (Wildman–Crippen LogP) is 3.17. The van der Waals surface area contributed by atoms with E-state index in [0.29, 0.717) is 15.8 Å². The van der Waals surface area contributed by atoms with Crippen LogP contribution in [0.4, 0.5) is 5.00 Å². The largest absolute Gasteiger partial charge is 0.482 e. The quantitative estimate of drug-likeness (QED) is 0.873. The molecule has 110 valence electrons. The van der Waals surface area contributed by atoms with Gasteiger partial charge in [-0.1, -0.05) is 29.3 Å². The number of carbonyl (C=O) groups excluding carboxylic acids is 2. The summed E-state index contributed by atoms with van der Waals surface area (Å²) in [7, 11) is 0. The van der Waals surface area contributed by atoms with Crippen molar-refractivity contribution in [2.75, 3.05) is 11.9 Å². The molecule has 1 aromatic carbocycles. The maximum absolute atomic E-state index is 11.8. The number of halogens is 2. The molecule has 0 bridgehead atoms. The molecule has 0 unspecified atom stereocenters. The number of carbonyl (C=O) groups is 2. The van der Waals surface area contributed by atoms with Gasteiger partial charge in [-0.25, -0.2) is 0 Å². The number of ether oxygens (including phenoxy) is 1. The molecule has 2 aromatic rings. The highest BCUT2D eigenvalue weighted by molar-refractivity contribution is 7.14. The van der Waals surface area contributed by atoms with E-state index in [1.165, 1.54) is 17.4 Å². The third-order valence-electron chi connectivity index (χ3n) is 2.46. The molecule has 0 aliphatic rings. The second-order valence-corrected chi connectivity index (χ2v) is 5.62. The summed E-state index contributed by atoms with van der Waals surface area (Å²) in [6, 6.07) is 6.41. The third kappa shape index (κ3) is 3.87. The van der Waals surface area contributed by atoms with Gasteiger partial charge >= 0.3 is 0 Å². The molecule has 0 saturated carbocycles.